The van der Waals surface area contributed by atoms with Crippen LogP contribution < -0.4 is 4.90 Å². The molecule has 2 aromatic carbocycles. The van der Waals surface area contributed by atoms with Crippen LogP contribution in [0.3, 0.4) is 0 Å². The van der Waals surface area contributed by atoms with Crippen molar-refractivity contribution in [2.45, 2.75) is 37.8 Å². The second-order valence-electron chi connectivity index (χ2n) is 10.7. The molecule has 0 aliphatic carbocycles. The van der Waals surface area contributed by atoms with Crippen LogP contribution in [0.2, 0.25) is 0 Å². The molecule has 0 radical (unpaired) electrons. The maximum absolute atomic E-state index is 15.1. The predicted molar refractivity (Wildman–Crippen MR) is 143 cm³/mol. The Morgan fingerprint density at radius 3 is 2.05 bits per heavy atom. The molecule has 39 heavy (non-hydrogen) atoms. The van der Waals surface area contributed by atoms with Gasteiger partial charge >= 0.3 is 12.2 Å². The molecule has 1 unspecified atom stereocenters. The van der Waals surface area contributed by atoms with E-state index in [2.05, 4.69) is 0 Å². The van der Waals surface area contributed by atoms with E-state index in [1.807, 2.05) is 49.1 Å². The Bertz CT molecular complexity index is 1630. The number of hydrogen-bond donors (Lipinski definition) is 0. The zero-order chi connectivity index (χ0) is 28.2. The molecule has 10 heteroatoms. The summed E-state index contributed by atoms with van der Waals surface area (Å²) in [7, 11) is 2.51. The number of likely N-dealkylation sites (N-methyl/N-ethyl adjacent to an activating group) is 2. The number of nitrogens with zero attached hydrogens (tertiary/aromatic N) is 3. The number of anilines is 3. The van der Waals surface area contributed by atoms with Crippen LogP contribution in [0.25, 0.3) is 6.08 Å². The number of carbonyl (C=O) groups excluding carboxylic acids is 3. The van der Waals surface area contributed by atoms with Crippen LogP contribution in [0.1, 0.15) is 47.9 Å². The van der Waals surface area contributed by atoms with Gasteiger partial charge in [0.25, 0.3) is 11.8 Å². The van der Waals surface area contributed by atoms with Gasteiger partial charge in [0.2, 0.25) is 0 Å². The lowest BCUT2D eigenvalue weighted by Gasteiger charge is -2.49. The van der Waals surface area contributed by atoms with Gasteiger partial charge in [0, 0.05) is 30.0 Å². The lowest BCUT2D eigenvalue weighted by molar-refractivity contribution is -0.173. The quantitative estimate of drug-likeness (QED) is 0.257. The normalized spacial score (nSPS) is 21.6. The first-order chi connectivity index (χ1) is 18.2. The van der Waals surface area contributed by atoms with Gasteiger partial charge in [-0.25, -0.2) is 4.79 Å². The lowest BCUT2D eigenvalue weighted by Crippen LogP contribution is -2.52. The van der Waals surface area contributed by atoms with E-state index in [4.69, 9.17) is 0 Å². The molecular formula is C29H24F3N3O3S. The van der Waals surface area contributed by atoms with E-state index in [-0.39, 0.29) is 16.7 Å². The smallest absolute Gasteiger partial charge is 0.301 e. The van der Waals surface area contributed by atoms with E-state index in [0.29, 0.717) is 15.6 Å². The van der Waals surface area contributed by atoms with Crippen molar-refractivity contribution in [2.75, 3.05) is 19.0 Å². The Labute approximate surface area is 226 Å². The first kappa shape index (κ1) is 25.4. The van der Waals surface area contributed by atoms with Gasteiger partial charge in [-0.3, -0.25) is 19.4 Å². The largest absolute Gasteiger partial charge is 0.402 e. The molecule has 1 fully saturated rings. The summed E-state index contributed by atoms with van der Waals surface area (Å²) in [5.41, 5.74) is 0.0564. The molecule has 0 spiro atoms. The maximum atomic E-state index is 15.1. The standard InChI is InChI=1S/C29H24F3N3O3S/c1-27(2)17-9-6-7-12-21(17)35-22-18(27)10-8-11-19(22)28(3,29(30,31)32)20-14-15(39-25(20)35)13-16-23(36)33(4)26(38)34(5)24(16)37/h6-14H,1-5H3. The Balaban J connectivity index is 1.65. The number of halogens is 3. The van der Waals surface area contributed by atoms with E-state index in [0.717, 1.165) is 38.0 Å². The van der Waals surface area contributed by atoms with Crippen LogP contribution in [0.5, 0.6) is 0 Å². The fraction of sp³-hybridized carbons (Fsp3) is 0.276. The Kier molecular flexibility index (Phi) is 5.08. The van der Waals surface area contributed by atoms with Gasteiger partial charge in [0.05, 0.1) is 11.4 Å². The van der Waals surface area contributed by atoms with Gasteiger partial charge in [-0.2, -0.15) is 13.2 Å². The molecule has 200 valence electrons. The highest BCUT2D eigenvalue weighted by Crippen LogP contribution is 2.64. The molecule has 0 saturated carbocycles. The number of amides is 4. The van der Waals surface area contributed by atoms with E-state index < -0.39 is 34.9 Å². The van der Waals surface area contributed by atoms with Crippen LogP contribution in [0.15, 0.2) is 54.1 Å². The molecule has 1 saturated heterocycles. The second-order valence-corrected chi connectivity index (χ2v) is 11.8. The summed E-state index contributed by atoms with van der Waals surface area (Å²) in [6, 6.07) is 13.4. The molecule has 6 rings (SSSR count). The summed E-state index contributed by atoms with van der Waals surface area (Å²) in [5, 5.41) is 0.373. The highest BCUT2D eigenvalue weighted by atomic mass is 32.1. The number of para-hydroxylation sites is 2. The van der Waals surface area contributed by atoms with Crippen LogP contribution >= 0.6 is 11.3 Å². The summed E-state index contributed by atoms with van der Waals surface area (Å²) in [6.07, 6.45) is -3.35. The fourth-order valence-corrected chi connectivity index (χ4v) is 7.16. The minimum absolute atomic E-state index is 0.0412. The number of urea groups is 1. The summed E-state index contributed by atoms with van der Waals surface area (Å²) in [5.74, 6) is -1.60. The van der Waals surface area contributed by atoms with E-state index >= 15 is 13.2 Å². The molecule has 4 amide bonds. The first-order valence-electron chi connectivity index (χ1n) is 12.3. The molecular weight excluding hydrogens is 527 g/mol. The number of fused-ring (bicyclic) bond motifs is 4. The summed E-state index contributed by atoms with van der Waals surface area (Å²) >= 11 is 1.08. The Hall–Kier alpha value is -3.92. The molecule has 3 aromatic rings. The summed E-state index contributed by atoms with van der Waals surface area (Å²) in [6.45, 7) is 5.21. The van der Waals surface area contributed by atoms with E-state index in [1.54, 1.807) is 6.07 Å². The molecule has 0 bridgehead atoms. The fourth-order valence-electron chi connectivity index (χ4n) is 5.93. The lowest BCUT2D eigenvalue weighted by atomic mass is 9.66. The van der Waals surface area contributed by atoms with Gasteiger partial charge in [-0.15, -0.1) is 11.3 Å². The predicted octanol–water partition coefficient (Wildman–Crippen LogP) is 6.47. The molecule has 6 nitrogen and oxygen atoms in total. The van der Waals surface area contributed by atoms with Crippen LogP contribution in [0, 0.1) is 0 Å². The number of benzene rings is 2. The van der Waals surface area contributed by atoms with Crippen molar-refractivity contribution in [3.05, 3.63) is 81.2 Å². The van der Waals surface area contributed by atoms with Gasteiger partial charge in [-0.05, 0) is 41.8 Å². The number of carbonyl (C=O) groups is 3. The van der Waals surface area contributed by atoms with Crippen molar-refractivity contribution >= 4 is 51.6 Å². The number of hydrogen-bond acceptors (Lipinski definition) is 5. The third-order valence-corrected chi connectivity index (χ3v) is 9.33. The summed E-state index contributed by atoms with van der Waals surface area (Å²) in [4.78, 5) is 41.6. The summed E-state index contributed by atoms with van der Waals surface area (Å²) < 4.78 is 45.3. The first-order valence-corrected chi connectivity index (χ1v) is 13.1. The van der Waals surface area contributed by atoms with Crippen molar-refractivity contribution in [1.82, 2.24) is 9.80 Å². The second kappa shape index (κ2) is 7.81. The highest BCUT2D eigenvalue weighted by molar-refractivity contribution is 7.17. The number of alkyl halides is 3. The molecule has 3 aliphatic heterocycles. The van der Waals surface area contributed by atoms with Crippen LogP contribution in [0.4, 0.5) is 34.3 Å². The van der Waals surface area contributed by atoms with Gasteiger partial charge < -0.3 is 4.90 Å². The third-order valence-electron chi connectivity index (χ3n) is 8.26. The molecule has 1 atom stereocenters. The monoisotopic (exact) mass is 551 g/mol. The highest BCUT2D eigenvalue weighted by Gasteiger charge is 2.60. The number of thiophene rings is 1. The molecule has 3 aliphatic rings. The average Bonchev–Trinajstić information content (AvgIpc) is 3.32. The van der Waals surface area contributed by atoms with Crippen molar-refractivity contribution in [2.24, 2.45) is 0 Å². The Morgan fingerprint density at radius 2 is 1.41 bits per heavy atom. The van der Waals surface area contributed by atoms with E-state index in [9.17, 15) is 14.4 Å². The number of imide groups is 2. The van der Waals surface area contributed by atoms with E-state index in [1.165, 1.54) is 39.2 Å². The minimum Gasteiger partial charge on any atom is -0.301 e. The Morgan fingerprint density at radius 1 is 0.821 bits per heavy atom. The molecule has 0 N–H and O–H groups in total. The zero-order valence-corrected chi connectivity index (χ0v) is 22.6. The van der Waals surface area contributed by atoms with Crippen molar-refractivity contribution < 1.29 is 27.6 Å². The van der Waals surface area contributed by atoms with Crippen LogP contribution in [-0.4, -0.2) is 47.9 Å². The van der Waals surface area contributed by atoms with Crippen molar-refractivity contribution in [3.63, 3.8) is 0 Å². The topological polar surface area (TPSA) is 60.9 Å². The SMILES string of the molecule is CN1C(=O)C(=Cc2cc3c(s2)N2c4ccccc4C(C)(C)c4cccc(c42)C3(C)C(F)(F)F)C(=O)N(C)C1=O. The zero-order valence-electron chi connectivity index (χ0n) is 21.8. The van der Waals surface area contributed by atoms with Gasteiger partial charge in [-0.1, -0.05) is 50.2 Å². The van der Waals surface area contributed by atoms with Gasteiger partial charge in [0.15, 0.2) is 0 Å². The van der Waals surface area contributed by atoms with Crippen molar-refractivity contribution in [3.8, 4) is 0 Å². The van der Waals surface area contributed by atoms with Crippen molar-refractivity contribution in [1.29, 1.82) is 0 Å². The third kappa shape index (κ3) is 3.12. The minimum atomic E-state index is -4.64. The number of rotatable bonds is 1. The average molecular weight is 552 g/mol. The number of barbiturate groups is 1. The molecule has 1 aromatic heterocycles. The molecule has 4 heterocycles. The van der Waals surface area contributed by atoms with Gasteiger partial charge in [0.1, 0.15) is 16.0 Å². The van der Waals surface area contributed by atoms with Crippen LogP contribution in [-0.2, 0) is 20.4 Å². The maximum Gasteiger partial charge on any atom is 0.402 e.